The highest BCUT2D eigenvalue weighted by atomic mass is 35.5. The lowest BCUT2D eigenvalue weighted by Crippen LogP contribution is -2.52. The molecule has 0 saturated heterocycles. The van der Waals surface area contributed by atoms with Gasteiger partial charge >= 0.3 is 5.97 Å². The molecule has 3 N–H and O–H groups in total. The van der Waals surface area contributed by atoms with Crippen molar-refractivity contribution in [1.82, 2.24) is 10.6 Å². The van der Waals surface area contributed by atoms with Crippen LogP contribution in [-0.4, -0.2) is 35.0 Å². The second-order valence-electron chi connectivity index (χ2n) is 5.42. The molecule has 0 bridgehead atoms. The number of rotatable bonds is 8. The number of amides is 2. The van der Waals surface area contributed by atoms with E-state index in [4.69, 9.17) is 28.3 Å². The molecule has 0 unspecified atom stereocenters. The van der Waals surface area contributed by atoms with Gasteiger partial charge in [-0.3, -0.25) is 14.4 Å². The van der Waals surface area contributed by atoms with Gasteiger partial charge in [-0.25, -0.2) is 0 Å². The van der Waals surface area contributed by atoms with Crippen molar-refractivity contribution in [1.29, 1.82) is 0 Å². The number of hydrogen-bond donors (Lipinski definition) is 3. The number of carbonyl (C=O) groups excluding carboxylic acids is 2. The summed E-state index contributed by atoms with van der Waals surface area (Å²) in [6.45, 7) is 3.35. The lowest BCUT2D eigenvalue weighted by Gasteiger charge is -2.31. The highest BCUT2D eigenvalue weighted by molar-refractivity contribution is 6.42. The van der Waals surface area contributed by atoms with Crippen molar-refractivity contribution in [2.75, 3.05) is 6.54 Å². The minimum absolute atomic E-state index is 0.174. The van der Waals surface area contributed by atoms with Crippen LogP contribution < -0.4 is 10.6 Å². The van der Waals surface area contributed by atoms with Crippen LogP contribution in [0, 0.1) is 0 Å². The Morgan fingerprint density at radius 1 is 1.12 bits per heavy atom. The van der Waals surface area contributed by atoms with Gasteiger partial charge < -0.3 is 15.7 Å². The zero-order valence-electron chi connectivity index (χ0n) is 13.5. The third kappa shape index (κ3) is 5.69. The van der Waals surface area contributed by atoms with E-state index in [0.29, 0.717) is 17.9 Å². The third-order valence-electron chi connectivity index (χ3n) is 3.84. The van der Waals surface area contributed by atoms with Gasteiger partial charge in [0.2, 0.25) is 5.91 Å². The Balaban J connectivity index is 2.65. The zero-order valence-corrected chi connectivity index (χ0v) is 15.0. The van der Waals surface area contributed by atoms with E-state index in [1.54, 1.807) is 13.8 Å². The van der Waals surface area contributed by atoms with Crippen LogP contribution in [-0.2, 0) is 9.59 Å². The largest absolute Gasteiger partial charge is 0.481 e. The lowest BCUT2D eigenvalue weighted by atomic mass is 9.89. The fourth-order valence-corrected chi connectivity index (χ4v) is 2.55. The minimum atomic E-state index is -0.987. The normalized spacial score (nSPS) is 11.0. The predicted molar refractivity (Wildman–Crippen MR) is 92.5 cm³/mol. The maximum absolute atomic E-state index is 12.0. The van der Waals surface area contributed by atoms with Crippen LogP contribution >= 0.6 is 23.2 Å². The van der Waals surface area contributed by atoms with E-state index in [0.717, 1.165) is 0 Å². The number of hydrogen-bond acceptors (Lipinski definition) is 3. The van der Waals surface area contributed by atoms with Gasteiger partial charge in [0.25, 0.3) is 5.91 Å². The second kappa shape index (κ2) is 8.89. The van der Waals surface area contributed by atoms with Crippen LogP contribution in [0.25, 0.3) is 0 Å². The molecular formula is C16H20Cl2N2O4. The number of benzene rings is 1. The van der Waals surface area contributed by atoms with Gasteiger partial charge in [-0.05, 0) is 31.0 Å². The molecule has 0 atom stereocenters. The summed E-state index contributed by atoms with van der Waals surface area (Å²) in [6, 6.07) is 4.39. The molecule has 0 aliphatic heterocycles. The summed E-state index contributed by atoms with van der Waals surface area (Å²) in [4.78, 5) is 35.0. The monoisotopic (exact) mass is 374 g/mol. The number of carboxylic acid groups (broad SMARTS) is 1. The van der Waals surface area contributed by atoms with Crippen LogP contribution in [0.15, 0.2) is 18.2 Å². The van der Waals surface area contributed by atoms with Crippen molar-refractivity contribution in [3.05, 3.63) is 33.8 Å². The molecule has 2 amide bonds. The summed E-state index contributed by atoms with van der Waals surface area (Å²) in [5, 5.41) is 14.7. The quantitative estimate of drug-likeness (QED) is 0.651. The number of carbonyl (C=O) groups is 3. The van der Waals surface area contributed by atoms with Crippen LogP contribution in [0.2, 0.25) is 10.0 Å². The summed E-state index contributed by atoms with van der Waals surface area (Å²) in [6.07, 6.45) is 0.775. The van der Waals surface area contributed by atoms with Crippen LogP contribution in [0.1, 0.15) is 43.5 Å². The van der Waals surface area contributed by atoms with E-state index in [2.05, 4.69) is 10.6 Å². The molecule has 0 aliphatic carbocycles. The molecule has 24 heavy (non-hydrogen) atoms. The van der Waals surface area contributed by atoms with E-state index >= 15 is 0 Å². The Morgan fingerprint density at radius 3 is 2.25 bits per heavy atom. The summed E-state index contributed by atoms with van der Waals surface area (Å²) in [7, 11) is 0. The van der Waals surface area contributed by atoms with Gasteiger partial charge in [0.1, 0.15) is 0 Å². The lowest BCUT2D eigenvalue weighted by molar-refractivity contribution is -0.139. The van der Waals surface area contributed by atoms with Gasteiger partial charge in [-0.15, -0.1) is 0 Å². The predicted octanol–water partition coefficient (Wildman–Crippen LogP) is 2.87. The Bertz CT molecular complexity index is 631. The average molecular weight is 375 g/mol. The fraction of sp³-hybridized carbons (Fsp3) is 0.438. The standard InChI is InChI=1S/C16H20Cl2N2O4/c1-3-16(4-2,8-14(22)23)20-13(21)9-19-15(24)10-5-6-11(17)12(18)7-10/h5-7H,3-4,8-9H2,1-2H3,(H,19,24)(H,20,21)(H,22,23). The van der Waals surface area contributed by atoms with E-state index in [9.17, 15) is 14.4 Å². The molecule has 0 radical (unpaired) electrons. The number of halogens is 2. The van der Waals surface area contributed by atoms with E-state index in [-0.39, 0.29) is 23.6 Å². The van der Waals surface area contributed by atoms with Crippen LogP contribution in [0.5, 0.6) is 0 Å². The molecule has 6 nitrogen and oxygen atoms in total. The van der Waals surface area contributed by atoms with Gasteiger partial charge in [0.15, 0.2) is 0 Å². The first-order valence-electron chi connectivity index (χ1n) is 7.49. The van der Waals surface area contributed by atoms with Crippen molar-refractivity contribution in [2.24, 2.45) is 0 Å². The number of nitrogens with one attached hydrogen (secondary N) is 2. The van der Waals surface area contributed by atoms with Crippen LogP contribution in [0.3, 0.4) is 0 Å². The maximum Gasteiger partial charge on any atom is 0.305 e. The first-order valence-corrected chi connectivity index (χ1v) is 8.24. The fourth-order valence-electron chi connectivity index (χ4n) is 2.25. The summed E-state index contributed by atoms with van der Waals surface area (Å²) >= 11 is 11.6. The molecule has 8 heteroatoms. The van der Waals surface area contributed by atoms with E-state index in [1.807, 2.05) is 0 Å². The molecule has 1 aromatic rings. The molecule has 0 aliphatic rings. The molecule has 0 aromatic heterocycles. The van der Waals surface area contributed by atoms with Crippen molar-refractivity contribution in [2.45, 2.75) is 38.6 Å². The first-order chi connectivity index (χ1) is 11.2. The second-order valence-corrected chi connectivity index (χ2v) is 6.23. The zero-order chi connectivity index (χ0) is 18.3. The van der Waals surface area contributed by atoms with Crippen molar-refractivity contribution < 1.29 is 19.5 Å². The molecule has 0 fully saturated rings. The van der Waals surface area contributed by atoms with Crippen molar-refractivity contribution in [3.8, 4) is 0 Å². The molecule has 0 saturated carbocycles. The maximum atomic E-state index is 12.0. The SMILES string of the molecule is CCC(CC)(CC(=O)O)NC(=O)CNC(=O)c1ccc(Cl)c(Cl)c1. The van der Waals surface area contributed by atoms with Gasteiger partial charge in [-0.2, -0.15) is 0 Å². The highest BCUT2D eigenvalue weighted by Gasteiger charge is 2.30. The molecule has 0 heterocycles. The van der Waals surface area contributed by atoms with Crippen LogP contribution in [0.4, 0.5) is 0 Å². The Labute approximate surface area is 150 Å². The third-order valence-corrected chi connectivity index (χ3v) is 4.58. The summed E-state index contributed by atoms with van der Waals surface area (Å²) in [5.41, 5.74) is -0.544. The molecule has 1 aromatic carbocycles. The molecule has 1 rings (SSSR count). The smallest absolute Gasteiger partial charge is 0.305 e. The average Bonchev–Trinajstić information content (AvgIpc) is 2.54. The van der Waals surface area contributed by atoms with Gasteiger partial charge in [-0.1, -0.05) is 37.0 Å². The topological polar surface area (TPSA) is 95.5 Å². The van der Waals surface area contributed by atoms with Gasteiger partial charge in [0, 0.05) is 5.56 Å². The first kappa shape index (κ1) is 20.3. The van der Waals surface area contributed by atoms with Crippen molar-refractivity contribution in [3.63, 3.8) is 0 Å². The highest BCUT2D eigenvalue weighted by Crippen LogP contribution is 2.22. The minimum Gasteiger partial charge on any atom is -0.481 e. The van der Waals surface area contributed by atoms with Crippen molar-refractivity contribution >= 4 is 41.0 Å². The molecule has 132 valence electrons. The Kier molecular flexibility index (Phi) is 7.51. The molecule has 0 spiro atoms. The number of aliphatic carboxylic acids is 1. The van der Waals surface area contributed by atoms with E-state index in [1.165, 1.54) is 18.2 Å². The number of carboxylic acids is 1. The summed E-state index contributed by atoms with van der Waals surface area (Å²) < 4.78 is 0. The Morgan fingerprint density at radius 2 is 1.75 bits per heavy atom. The molecular weight excluding hydrogens is 355 g/mol. The van der Waals surface area contributed by atoms with Gasteiger partial charge in [0.05, 0.1) is 28.5 Å². The Hall–Kier alpha value is -1.79. The van der Waals surface area contributed by atoms with E-state index < -0.39 is 23.3 Å². The summed E-state index contributed by atoms with van der Waals surface area (Å²) in [5.74, 6) is -1.91.